The van der Waals surface area contributed by atoms with Gasteiger partial charge in [-0.05, 0) is 48.0 Å². The van der Waals surface area contributed by atoms with Gasteiger partial charge < -0.3 is 10.1 Å². The van der Waals surface area contributed by atoms with Gasteiger partial charge in [0, 0.05) is 24.7 Å². The molecule has 1 heterocycles. The SMILES string of the molecule is CNC(=O)c1ccc(NS(=O)(=O)c2ccc3c(c2)CCO3)cc1. The van der Waals surface area contributed by atoms with Gasteiger partial charge in [-0.1, -0.05) is 0 Å². The highest BCUT2D eigenvalue weighted by atomic mass is 32.2. The predicted octanol–water partition coefficient (Wildman–Crippen LogP) is 1.78. The second-order valence-corrected chi connectivity index (χ2v) is 6.81. The van der Waals surface area contributed by atoms with Crippen LogP contribution in [0.3, 0.4) is 0 Å². The van der Waals surface area contributed by atoms with Crippen LogP contribution in [-0.2, 0) is 16.4 Å². The van der Waals surface area contributed by atoms with Gasteiger partial charge in [-0.25, -0.2) is 8.42 Å². The predicted molar refractivity (Wildman–Crippen MR) is 86.3 cm³/mol. The van der Waals surface area contributed by atoms with Crippen molar-refractivity contribution in [2.45, 2.75) is 11.3 Å². The highest BCUT2D eigenvalue weighted by Crippen LogP contribution is 2.28. The molecule has 1 aliphatic heterocycles. The number of rotatable bonds is 4. The standard InChI is InChI=1S/C16H16N2O4S/c1-17-16(19)11-2-4-13(5-3-11)18-23(20,21)14-6-7-15-12(10-14)8-9-22-15/h2-7,10,18H,8-9H2,1H3,(H,17,19). The maximum absolute atomic E-state index is 12.4. The summed E-state index contributed by atoms with van der Waals surface area (Å²) in [6, 6.07) is 11.1. The summed E-state index contributed by atoms with van der Waals surface area (Å²) < 4.78 is 32.8. The third kappa shape index (κ3) is 3.14. The molecule has 7 heteroatoms. The molecule has 0 atom stereocenters. The number of nitrogens with one attached hydrogen (secondary N) is 2. The number of carbonyl (C=O) groups excluding carboxylic acids is 1. The number of amides is 1. The van der Waals surface area contributed by atoms with E-state index in [4.69, 9.17) is 4.74 Å². The van der Waals surface area contributed by atoms with Crippen molar-refractivity contribution >= 4 is 21.6 Å². The number of benzene rings is 2. The van der Waals surface area contributed by atoms with Crippen molar-refractivity contribution in [2.75, 3.05) is 18.4 Å². The Morgan fingerprint density at radius 2 is 1.87 bits per heavy atom. The average Bonchev–Trinajstić information content (AvgIpc) is 3.02. The molecule has 3 rings (SSSR count). The van der Waals surface area contributed by atoms with E-state index in [1.165, 1.54) is 13.1 Å². The number of ether oxygens (including phenoxy) is 1. The number of carbonyl (C=O) groups is 1. The molecular formula is C16H16N2O4S. The van der Waals surface area contributed by atoms with E-state index >= 15 is 0 Å². The number of anilines is 1. The Bertz CT molecular complexity index is 845. The highest BCUT2D eigenvalue weighted by molar-refractivity contribution is 7.92. The van der Waals surface area contributed by atoms with Gasteiger partial charge in [0.2, 0.25) is 0 Å². The molecule has 0 aromatic heterocycles. The first-order valence-electron chi connectivity index (χ1n) is 7.10. The van der Waals surface area contributed by atoms with Crippen LogP contribution in [0.15, 0.2) is 47.4 Å². The van der Waals surface area contributed by atoms with Gasteiger partial charge in [0.05, 0.1) is 11.5 Å². The molecule has 23 heavy (non-hydrogen) atoms. The second kappa shape index (κ2) is 5.92. The fourth-order valence-electron chi connectivity index (χ4n) is 2.38. The molecular weight excluding hydrogens is 316 g/mol. The lowest BCUT2D eigenvalue weighted by Gasteiger charge is -2.09. The fourth-order valence-corrected chi connectivity index (χ4v) is 3.49. The van der Waals surface area contributed by atoms with Crippen molar-refractivity contribution in [1.29, 1.82) is 0 Å². The Kier molecular flexibility index (Phi) is 3.96. The van der Waals surface area contributed by atoms with E-state index in [0.717, 1.165) is 11.3 Å². The first kappa shape index (κ1) is 15.4. The quantitative estimate of drug-likeness (QED) is 0.894. The topological polar surface area (TPSA) is 84.5 Å². The third-order valence-corrected chi connectivity index (χ3v) is 4.98. The zero-order valence-electron chi connectivity index (χ0n) is 12.5. The van der Waals surface area contributed by atoms with Crippen molar-refractivity contribution in [2.24, 2.45) is 0 Å². The summed E-state index contributed by atoms with van der Waals surface area (Å²) in [5.74, 6) is 0.511. The second-order valence-electron chi connectivity index (χ2n) is 5.13. The van der Waals surface area contributed by atoms with Crippen molar-refractivity contribution in [1.82, 2.24) is 5.32 Å². The van der Waals surface area contributed by atoms with Gasteiger partial charge in [-0.15, -0.1) is 0 Å². The van der Waals surface area contributed by atoms with Crippen molar-refractivity contribution in [3.05, 3.63) is 53.6 Å². The smallest absolute Gasteiger partial charge is 0.261 e. The summed E-state index contributed by atoms with van der Waals surface area (Å²) in [6.07, 6.45) is 0.708. The van der Waals surface area contributed by atoms with Crippen LogP contribution in [0.5, 0.6) is 5.75 Å². The van der Waals surface area contributed by atoms with Gasteiger partial charge in [-0.2, -0.15) is 0 Å². The van der Waals surface area contributed by atoms with Crippen LogP contribution in [0.1, 0.15) is 15.9 Å². The number of hydrogen-bond donors (Lipinski definition) is 2. The van der Waals surface area contributed by atoms with Gasteiger partial charge in [0.25, 0.3) is 15.9 Å². The number of hydrogen-bond acceptors (Lipinski definition) is 4. The molecule has 1 aliphatic rings. The maximum atomic E-state index is 12.4. The average molecular weight is 332 g/mol. The first-order chi connectivity index (χ1) is 11.0. The van der Waals surface area contributed by atoms with Crippen molar-refractivity contribution in [3.8, 4) is 5.75 Å². The van der Waals surface area contributed by atoms with Crippen molar-refractivity contribution < 1.29 is 17.9 Å². The zero-order chi connectivity index (χ0) is 16.4. The van der Waals surface area contributed by atoms with Crippen LogP contribution in [0, 0.1) is 0 Å². The van der Waals surface area contributed by atoms with Crippen LogP contribution < -0.4 is 14.8 Å². The monoisotopic (exact) mass is 332 g/mol. The van der Waals surface area contributed by atoms with E-state index in [1.807, 2.05) is 0 Å². The molecule has 0 saturated carbocycles. The normalized spacial score (nSPS) is 13.1. The molecule has 0 fully saturated rings. The molecule has 0 aliphatic carbocycles. The summed E-state index contributed by atoms with van der Waals surface area (Å²) in [5, 5.41) is 2.51. The van der Waals surface area contributed by atoms with Crippen LogP contribution in [0.4, 0.5) is 5.69 Å². The van der Waals surface area contributed by atoms with Crippen LogP contribution in [-0.4, -0.2) is 28.0 Å². The van der Waals surface area contributed by atoms with Gasteiger partial charge in [0.1, 0.15) is 5.75 Å². The Labute approximate surface area is 134 Å². The molecule has 0 saturated heterocycles. The largest absolute Gasteiger partial charge is 0.493 e. The molecule has 6 nitrogen and oxygen atoms in total. The lowest BCUT2D eigenvalue weighted by atomic mass is 10.2. The lowest BCUT2D eigenvalue weighted by molar-refractivity contribution is 0.0963. The summed E-state index contributed by atoms with van der Waals surface area (Å²) in [6.45, 7) is 0.577. The Balaban J connectivity index is 1.82. The van der Waals surface area contributed by atoms with Gasteiger partial charge in [0.15, 0.2) is 0 Å². The lowest BCUT2D eigenvalue weighted by Crippen LogP contribution is -2.18. The van der Waals surface area contributed by atoms with E-state index in [1.54, 1.807) is 36.4 Å². The fraction of sp³-hybridized carbons (Fsp3) is 0.188. The van der Waals surface area contributed by atoms with E-state index in [-0.39, 0.29) is 10.8 Å². The third-order valence-electron chi connectivity index (χ3n) is 3.60. The molecule has 1 amide bonds. The molecule has 0 bridgehead atoms. The maximum Gasteiger partial charge on any atom is 0.261 e. The minimum atomic E-state index is -3.68. The Morgan fingerprint density at radius 3 is 2.57 bits per heavy atom. The molecule has 2 aromatic carbocycles. The molecule has 2 aromatic rings. The van der Waals surface area contributed by atoms with Crippen LogP contribution >= 0.6 is 0 Å². The van der Waals surface area contributed by atoms with Gasteiger partial charge >= 0.3 is 0 Å². The first-order valence-corrected chi connectivity index (χ1v) is 8.58. The van der Waals surface area contributed by atoms with E-state index in [2.05, 4.69) is 10.0 Å². The number of sulfonamides is 1. The zero-order valence-corrected chi connectivity index (χ0v) is 13.3. The molecule has 120 valence electrons. The number of fused-ring (bicyclic) bond motifs is 1. The highest BCUT2D eigenvalue weighted by Gasteiger charge is 2.19. The molecule has 2 N–H and O–H groups in total. The molecule has 0 unspecified atom stereocenters. The van der Waals surface area contributed by atoms with Gasteiger partial charge in [-0.3, -0.25) is 9.52 Å². The minimum absolute atomic E-state index is 0.192. The Hall–Kier alpha value is -2.54. The van der Waals surface area contributed by atoms with E-state index < -0.39 is 10.0 Å². The minimum Gasteiger partial charge on any atom is -0.493 e. The van der Waals surface area contributed by atoms with Crippen LogP contribution in [0.25, 0.3) is 0 Å². The van der Waals surface area contributed by atoms with Crippen molar-refractivity contribution in [3.63, 3.8) is 0 Å². The summed E-state index contributed by atoms with van der Waals surface area (Å²) in [7, 11) is -2.14. The van der Waals surface area contributed by atoms with E-state index in [0.29, 0.717) is 24.3 Å². The summed E-state index contributed by atoms with van der Waals surface area (Å²) in [4.78, 5) is 11.7. The molecule has 0 radical (unpaired) electrons. The summed E-state index contributed by atoms with van der Waals surface area (Å²) in [5.41, 5.74) is 1.75. The summed E-state index contributed by atoms with van der Waals surface area (Å²) >= 11 is 0. The Morgan fingerprint density at radius 1 is 1.13 bits per heavy atom. The van der Waals surface area contributed by atoms with Crippen LogP contribution in [0.2, 0.25) is 0 Å². The molecule has 0 spiro atoms. The van der Waals surface area contributed by atoms with E-state index in [9.17, 15) is 13.2 Å².